The molecule has 0 spiro atoms. The predicted molar refractivity (Wildman–Crippen MR) is 98.6 cm³/mol. The molecule has 1 heterocycles. The lowest BCUT2D eigenvalue weighted by Crippen LogP contribution is -2.22. The number of benzene rings is 2. The van der Waals surface area contributed by atoms with Crippen LogP contribution in [0.25, 0.3) is 6.08 Å². The van der Waals surface area contributed by atoms with Crippen molar-refractivity contribution in [1.82, 2.24) is 4.90 Å². The van der Waals surface area contributed by atoms with Crippen LogP contribution in [0, 0.1) is 5.82 Å². The Balaban J connectivity index is 1.72. The van der Waals surface area contributed by atoms with E-state index in [0.717, 1.165) is 32.3 Å². The number of thioether (sulfide) groups is 1. The Hall–Kier alpha value is -2.12. The topological polar surface area (TPSA) is 46.6 Å². The molecule has 0 saturated carbocycles. The van der Waals surface area contributed by atoms with E-state index in [-0.39, 0.29) is 17.0 Å². The van der Waals surface area contributed by atoms with Gasteiger partial charge in [-0.2, -0.15) is 0 Å². The summed E-state index contributed by atoms with van der Waals surface area (Å²) in [5.74, 6) is 0.0404. The Morgan fingerprint density at radius 1 is 1.20 bits per heavy atom. The SMILES string of the molecule is CN1C(=O)S/C(=C\c2ccc(OCc3ccc(F)cc3)c(Br)c2)C1=O. The number of carbonyl (C=O) groups is 2. The first-order chi connectivity index (χ1) is 11.9. The van der Waals surface area contributed by atoms with Gasteiger partial charge in [0, 0.05) is 7.05 Å². The number of likely N-dealkylation sites (N-methyl/N-ethyl adjacent to an activating group) is 1. The van der Waals surface area contributed by atoms with E-state index in [2.05, 4.69) is 15.9 Å². The van der Waals surface area contributed by atoms with Gasteiger partial charge in [-0.1, -0.05) is 18.2 Å². The molecule has 0 N–H and O–H groups in total. The van der Waals surface area contributed by atoms with Crippen molar-refractivity contribution in [3.05, 3.63) is 68.8 Å². The molecule has 25 heavy (non-hydrogen) atoms. The fourth-order valence-corrected chi connectivity index (χ4v) is 3.50. The van der Waals surface area contributed by atoms with Crippen molar-refractivity contribution in [2.24, 2.45) is 0 Å². The Morgan fingerprint density at radius 2 is 1.92 bits per heavy atom. The van der Waals surface area contributed by atoms with Gasteiger partial charge >= 0.3 is 0 Å². The molecule has 128 valence electrons. The number of hydrogen-bond donors (Lipinski definition) is 0. The summed E-state index contributed by atoms with van der Waals surface area (Å²) in [5.41, 5.74) is 1.63. The maximum absolute atomic E-state index is 12.9. The maximum Gasteiger partial charge on any atom is 0.293 e. The molecular weight excluding hydrogens is 409 g/mol. The minimum Gasteiger partial charge on any atom is -0.488 e. The second-order valence-electron chi connectivity index (χ2n) is 5.35. The van der Waals surface area contributed by atoms with Crippen molar-refractivity contribution < 1.29 is 18.7 Å². The summed E-state index contributed by atoms with van der Waals surface area (Å²) in [5, 5.41) is -0.283. The summed E-state index contributed by atoms with van der Waals surface area (Å²) < 4.78 is 19.3. The number of amides is 2. The molecule has 7 heteroatoms. The van der Waals surface area contributed by atoms with Crippen LogP contribution in [-0.4, -0.2) is 23.1 Å². The quantitative estimate of drug-likeness (QED) is 0.663. The van der Waals surface area contributed by atoms with E-state index < -0.39 is 0 Å². The molecule has 1 aliphatic heterocycles. The summed E-state index contributed by atoms with van der Waals surface area (Å²) >= 11 is 4.35. The van der Waals surface area contributed by atoms with Crippen LogP contribution < -0.4 is 4.74 Å². The molecule has 2 aromatic carbocycles. The Bertz CT molecular complexity index is 867. The minimum atomic E-state index is -0.303. The van der Waals surface area contributed by atoms with Crippen molar-refractivity contribution in [2.75, 3.05) is 7.05 Å². The summed E-state index contributed by atoms with van der Waals surface area (Å²) in [4.78, 5) is 24.9. The molecule has 0 radical (unpaired) electrons. The van der Waals surface area contributed by atoms with Crippen molar-refractivity contribution in [3.8, 4) is 5.75 Å². The molecule has 3 rings (SSSR count). The summed E-state index contributed by atoms with van der Waals surface area (Å²) in [6.45, 7) is 0.312. The highest BCUT2D eigenvalue weighted by Crippen LogP contribution is 2.33. The predicted octanol–water partition coefficient (Wildman–Crippen LogP) is 4.83. The maximum atomic E-state index is 12.9. The smallest absolute Gasteiger partial charge is 0.293 e. The van der Waals surface area contributed by atoms with E-state index in [1.54, 1.807) is 30.3 Å². The number of halogens is 2. The van der Waals surface area contributed by atoms with Gasteiger partial charge in [-0.15, -0.1) is 0 Å². The molecule has 2 aromatic rings. The van der Waals surface area contributed by atoms with Crippen molar-refractivity contribution >= 4 is 44.9 Å². The second-order valence-corrected chi connectivity index (χ2v) is 7.19. The zero-order valence-corrected chi connectivity index (χ0v) is 15.6. The fourth-order valence-electron chi connectivity index (χ4n) is 2.16. The third kappa shape index (κ3) is 4.11. The number of ether oxygens (including phenoxy) is 1. The van der Waals surface area contributed by atoms with E-state index >= 15 is 0 Å². The highest BCUT2D eigenvalue weighted by atomic mass is 79.9. The third-order valence-electron chi connectivity index (χ3n) is 3.55. The van der Waals surface area contributed by atoms with E-state index in [4.69, 9.17) is 4.74 Å². The highest BCUT2D eigenvalue weighted by molar-refractivity contribution is 9.10. The molecule has 0 atom stereocenters. The first-order valence-electron chi connectivity index (χ1n) is 7.32. The molecule has 1 saturated heterocycles. The van der Waals surface area contributed by atoms with Crippen LogP contribution in [0.15, 0.2) is 51.8 Å². The molecular formula is C18H13BrFNO3S. The largest absolute Gasteiger partial charge is 0.488 e. The Labute approximate surface area is 156 Å². The summed E-state index contributed by atoms with van der Waals surface area (Å²) in [7, 11) is 1.46. The lowest BCUT2D eigenvalue weighted by molar-refractivity contribution is -0.121. The number of nitrogens with zero attached hydrogens (tertiary/aromatic N) is 1. The minimum absolute atomic E-state index is 0.283. The van der Waals surface area contributed by atoms with Gasteiger partial charge in [0.1, 0.15) is 18.2 Å². The van der Waals surface area contributed by atoms with E-state index in [1.165, 1.54) is 19.2 Å². The second kappa shape index (κ2) is 7.41. The number of carbonyl (C=O) groups excluding carboxylic acids is 2. The fraction of sp³-hybridized carbons (Fsp3) is 0.111. The van der Waals surface area contributed by atoms with Gasteiger partial charge in [0.15, 0.2) is 0 Å². The van der Waals surface area contributed by atoms with Gasteiger partial charge in [0.2, 0.25) is 0 Å². The van der Waals surface area contributed by atoms with E-state index in [1.807, 2.05) is 6.07 Å². The highest BCUT2D eigenvalue weighted by Gasteiger charge is 2.31. The number of imide groups is 1. The normalized spacial score (nSPS) is 16.0. The van der Waals surface area contributed by atoms with Gasteiger partial charge in [-0.25, -0.2) is 4.39 Å². The average Bonchev–Trinajstić information content (AvgIpc) is 2.83. The van der Waals surface area contributed by atoms with Gasteiger partial charge in [0.05, 0.1) is 9.38 Å². The molecule has 0 aromatic heterocycles. The average molecular weight is 422 g/mol. The molecule has 1 fully saturated rings. The Morgan fingerprint density at radius 3 is 2.52 bits per heavy atom. The standard InChI is InChI=1S/C18H13BrFNO3S/c1-21-17(22)16(25-18(21)23)9-12-4-7-15(14(19)8-12)24-10-11-2-5-13(20)6-3-11/h2-9H,10H2,1H3/b16-9-. The lowest BCUT2D eigenvalue weighted by atomic mass is 10.2. The van der Waals surface area contributed by atoms with Crippen LogP contribution >= 0.6 is 27.7 Å². The first kappa shape index (κ1) is 17.7. The molecule has 0 aliphatic carbocycles. The zero-order chi connectivity index (χ0) is 18.0. The Kier molecular flexibility index (Phi) is 5.24. The number of hydrogen-bond acceptors (Lipinski definition) is 4. The van der Waals surface area contributed by atoms with Gasteiger partial charge in [0.25, 0.3) is 11.1 Å². The van der Waals surface area contributed by atoms with Crippen LogP contribution in [0.1, 0.15) is 11.1 Å². The molecule has 0 unspecified atom stereocenters. The summed E-state index contributed by atoms with van der Waals surface area (Å²) in [6.07, 6.45) is 1.67. The van der Waals surface area contributed by atoms with Crippen LogP contribution in [0.2, 0.25) is 0 Å². The zero-order valence-electron chi connectivity index (χ0n) is 13.2. The number of rotatable bonds is 4. The molecule has 0 bridgehead atoms. The molecule has 2 amide bonds. The van der Waals surface area contributed by atoms with Crippen LogP contribution in [0.3, 0.4) is 0 Å². The molecule has 4 nitrogen and oxygen atoms in total. The van der Waals surface area contributed by atoms with Gasteiger partial charge in [-0.05, 0) is 69.2 Å². The lowest BCUT2D eigenvalue weighted by Gasteiger charge is -2.09. The van der Waals surface area contributed by atoms with Crippen molar-refractivity contribution in [2.45, 2.75) is 6.61 Å². The summed E-state index contributed by atoms with van der Waals surface area (Å²) in [6, 6.07) is 11.5. The van der Waals surface area contributed by atoms with Crippen LogP contribution in [0.4, 0.5) is 9.18 Å². The monoisotopic (exact) mass is 421 g/mol. The van der Waals surface area contributed by atoms with Gasteiger partial charge < -0.3 is 4.74 Å². The van der Waals surface area contributed by atoms with Crippen molar-refractivity contribution in [1.29, 1.82) is 0 Å². The molecule has 1 aliphatic rings. The van der Waals surface area contributed by atoms with E-state index in [0.29, 0.717) is 17.3 Å². The van der Waals surface area contributed by atoms with Crippen LogP contribution in [0.5, 0.6) is 5.75 Å². The van der Waals surface area contributed by atoms with Crippen LogP contribution in [-0.2, 0) is 11.4 Å². The van der Waals surface area contributed by atoms with Gasteiger partial charge in [-0.3, -0.25) is 14.5 Å². The third-order valence-corrected chi connectivity index (χ3v) is 5.13. The van der Waals surface area contributed by atoms with Crippen molar-refractivity contribution in [3.63, 3.8) is 0 Å². The van der Waals surface area contributed by atoms with E-state index in [9.17, 15) is 14.0 Å². The first-order valence-corrected chi connectivity index (χ1v) is 8.93.